The van der Waals surface area contributed by atoms with Crippen LogP contribution in [-0.2, 0) is 11.3 Å². The number of ether oxygens (including phenoxy) is 1. The maximum atomic E-state index is 5.51. The Bertz CT molecular complexity index is 1350. The van der Waals surface area contributed by atoms with Crippen molar-refractivity contribution in [3.05, 3.63) is 52.4 Å². The van der Waals surface area contributed by atoms with E-state index in [9.17, 15) is 0 Å². The summed E-state index contributed by atoms with van der Waals surface area (Å²) >= 11 is 1.79. The van der Waals surface area contributed by atoms with E-state index >= 15 is 0 Å². The molecule has 0 amide bonds. The zero-order chi connectivity index (χ0) is 22.4. The van der Waals surface area contributed by atoms with Crippen LogP contribution in [0.1, 0.15) is 28.2 Å². The summed E-state index contributed by atoms with van der Waals surface area (Å²) in [4.78, 5) is 25.1. The fourth-order valence-corrected chi connectivity index (χ4v) is 5.90. The minimum atomic E-state index is 0.777. The molecule has 0 bridgehead atoms. The molecule has 0 aromatic carbocycles. The first-order chi connectivity index (χ1) is 16.2. The first kappa shape index (κ1) is 20.8. The van der Waals surface area contributed by atoms with Gasteiger partial charge in [0.1, 0.15) is 22.1 Å². The highest BCUT2D eigenvalue weighted by molar-refractivity contribution is 7.18. The molecule has 6 heterocycles. The second kappa shape index (κ2) is 8.52. The van der Waals surface area contributed by atoms with Crippen molar-refractivity contribution in [1.29, 1.82) is 0 Å². The molecule has 0 unspecified atom stereocenters. The third-order valence-electron chi connectivity index (χ3n) is 6.83. The molecule has 2 aliphatic rings. The minimum absolute atomic E-state index is 0.777. The fraction of sp³-hybridized carbons (Fsp3) is 0.400. The van der Waals surface area contributed by atoms with Crippen LogP contribution in [0.4, 0.5) is 5.82 Å². The van der Waals surface area contributed by atoms with Crippen molar-refractivity contribution in [3.63, 3.8) is 0 Å². The highest BCUT2D eigenvalue weighted by atomic mass is 32.1. The Balaban J connectivity index is 1.33. The third-order valence-corrected chi connectivity index (χ3v) is 7.93. The number of aromatic nitrogens is 4. The average Bonchev–Trinajstić information content (AvgIpc) is 3.40. The molecule has 0 radical (unpaired) electrons. The summed E-state index contributed by atoms with van der Waals surface area (Å²) in [7, 11) is 0. The zero-order valence-corrected chi connectivity index (χ0v) is 19.9. The van der Waals surface area contributed by atoms with Crippen LogP contribution in [0.25, 0.3) is 26.8 Å². The van der Waals surface area contributed by atoms with Crippen molar-refractivity contribution in [1.82, 2.24) is 24.8 Å². The summed E-state index contributed by atoms with van der Waals surface area (Å²) in [6, 6.07) is 4.15. The van der Waals surface area contributed by atoms with Gasteiger partial charge in [-0.3, -0.25) is 4.90 Å². The minimum Gasteiger partial charge on any atom is -0.379 e. The van der Waals surface area contributed by atoms with Gasteiger partial charge in [0.2, 0.25) is 0 Å². The number of hydrogen-bond donors (Lipinski definition) is 1. The van der Waals surface area contributed by atoms with E-state index in [1.54, 1.807) is 11.3 Å². The molecule has 4 aromatic heterocycles. The number of morpholine rings is 1. The van der Waals surface area contributed by atoms with Gasteiger partial charge in [0.05, 0.1) is 25.1 Å². The number of nitrogens with one attached hydrogen (secondary N) is 1. The molecule has 0 saturated carbocycles. The van der Waals surface area contributed by atoms with Crippen LogP contribution < -0.4 is 4.90 Å². The Morgan fingerprint density at radius 3 is 2.85 bits per heavy atom. The highest BCUT2D eigenvalue weighted by Crippen LogP contribution is 2.37. The van der Waals surface area contributed by atoms with Crippen molar-refractivity contribution in [2.75, 3.05) is 44.3 Å². The Hall–Kier alpha value is -2.81. The van der Waals surface area contributed by atoms with Crippen molar-refractivity contribution in [2.24, 2.45) is 0 Å². The number of aryl methyl sites for hydroxylation is 2. The number of anilines is 1. The van der Waals surface area contributed by atoms with Gasteiger partial charge in [-0.15, -0.1) is 11.3 Å². The van der Waals surface area contributed by atoms with Gasteiger partial charge < -0.3 is 14.6 Å². The lowest BCUT2D eigenvalue weighted by atomic mass is 9.99. The first-order valence-electron chi connectivity index (χ1n) is 11.6. The molecule has 33 heavy (non-hydrogen) atoms. The zero-order valence-electron chi connectivity index (χ0n) is 19.1. The Kier molecular flexibility index (Phi) is 5.36. The van der Waals surface area contributed by atoms with Crippen molar-refractivity contribution in [3.8, 4) is 0 Å². The molecule has 1 N–H and O–H groups in total. The van der Waals surface area contributed by atoms with Crippen molar-refractivity contribution >= 4 is 44.0 Å². The van der Waals surface area contributed by atoms with Gasteiger partial charge in [-0.05, 0) is 43.5 Å². The molecule has 1 fully saturated rings. The monoisotopic (exact) mass is 460 g/mol. The standard InChI is InChI=1S/C25H28N6OS/c1-16-17(2)33-25-22(16)24(28-21(29-25)15-30-10-12-32-13-11-30)31-8-5-18(6-9-31)20-14-27-23-19(20)4-3-7-26-23/h3-5,7,14H,6,8-13,15H2,1-2H3,(H,26,27). The number of nitrogens with zero attached hydrogens (tertiary/aromatic N) is 5. The SMILES string of the molecule is Cc1sc2nc(CN3CCOCC3)nc(N3CC=C(c4c[nH]c5ncccc45)CC3)c2c1C. The molecular formula is C25H28N6OS. The lowest BCUT2D eigenvalue weighted by Gasteiger charge is -2.29. The third kappa shape index (κ3) is 3.82. The number of H-pyrrole nitrogens is 1. The maximum Gasteiger partial charge on any atom is 0.146 e. The van der Waals surface area contributed by atoms with Crippen LogP contribution in [0.3, 0.4) is 0 Å². The maximum absolute atomic E-state index is 5.51. The van der Waals surface area contributed by atoms with Gasteiger partial charge in [-0.1, -0.05) is 6.08 Å². The number of pyridine rings is 1. The number of thiophene rings is 1. The Labute approximate surface area is 197 Å². The van der Waals surface area contributed by atoms with Gasteiger partial charge in [0.15, 0.2) is 0 Å². The second-order valence-electron chi connectivity index (χ2n) is 8.84. The lowest BCUT2D eigenvalue weighted by molar-refractivity contribution is 0.0331. The average molecular weight is 461 g/mol. The second-order valence-corrected chi connectivity index (χ2v) is 10.0. The van der Waals surface area contributed by atoms with Crippen LogP contribution in [0, 0.1) is 13.8 Å². The van der Waals surface area contributed by atoms with E-state index < -0.39 is 0 Å². The molecule has 0 atom stereocenters. The quantitative estimate of drug-likeness (QED) is 0.489. The summed E-state index contributed by atoms with van der Waals surface area (Å²) in [6.45, 7) is 10.4. The van der Waals surface area contributed by atoms with E-state index in [0.29, 0.717) is 0 Å². The van der Waals surface area contributed by atoms with Gasteiger partial charge in [0, 0.05) is 54.4 Å². The van der Waals surface area contributed by atoms with E-state index in [1.807, 2.05) is 12.3 Å². The lowest BCUT2D eigenvalue weighted by Crippen LogP contribution is -2.36. The van der Waals surface area contributed by atoms with Gasteiger partial charge >= 0.3 is 0 Å². The molecular weight excluding hydrogens is 432 g/mol. The molecule has 170 valence electrons. The molecule has 7 nitrogen and oxygen atoms in total. The molecule has 0 spiro atoms. The Morgan fingerprint density at radius 1 is 1.15 bits per heavy atom. The predicted octanol–water partition coefficient (Wildman–Crippen LogP) is 4.31. The van der Waals surface area contributed by atoms with Crippen LogP contribution in [0.15, 0.2) is 30.6 Å². The molecule has 6 rings (SSSR count). The van der Waals surface area contributed by atoms with E-state index in [-0.39, 0.29) is 0 Å². The summed E-state index contributed by atoms with van der Waals surface area (Å²) in [5, 5.41) is 2.41. The van der Waals surface area contributed by atoms with Crippen molar-refractivity contribution < 1.29 is 4.74 Å². The molecule has 0 aliphatic carbocycles. The molecule has 2 aliphatic heterocycles. The predicted molar refractivity (Wildman–Crippen MR) is 134 cm³/mol. The van der Waals surface area contributed by atoms with Crippen LogP contribution in [-0.4, -0.2) is 64.2 Å². The van der Waals surface area contributed by atoms with Crippen LogP contribution in [0.2, 0.25) is 0 Å². The molecule has 1 saturated heterocycles. The molecule has 4 aromatic rings. The number of aromatic amines is 1. The number of hydrogen-bond acceptors (Lipinski definition) is 7. The largest absolute Gasteiger partial charge is 0.379 e. The summed E-state index contributed by atoms with van der Waals surface area (Å²) < 4.78 is 5.51. The van der Waals surface area contributed by atoms with Gasteiger partial charge in [-0.25, -0.2) is 15.0 Å². The van der Waals surface area contributed by atoms with E-state index in [1.165, 1.54) is 32.3 Å². The highest BCUT2D eigenvalue weighted by Gasteiger charge is 2.23. The van der Waals surface area contributed by atoms with E-state index in [4.69, 9.17) is 14.7 Å². The van der Waals surface area contributed by atoms with Gasteiger partial charge in [0.25, 0.3) is 0 Å². The summed E-state index contributed by atoms with van der Waals surface area (Å²) in [5.41, 5.74) is 4.90. The van der Waals surface area contributed by atoms with E-state index in [0.717, 1.165) is 74.5 Å². The first-order valence-corrected chi connectivity index (χ1v) is 12.4. The van der Waals surface area contributed by atoms with Crippen LogP contribution >= 0.6 is 11.3 Å². The molecule has 8 heteroatoms. The topological polar surface area (TPSA) is 70.2 Å². The fourth-order valence-electron chi connectivity index (χ4n) is 4.86. The van der Waals surface area contributed by atoms with Crippen molar-refractivity contribution in [2.45, 2.75) is 26.8 Å². The Morgan fingerprint density at radius 2 is 2.03 bits per heavy atom. The normalized spacial score (nSPS) is 17.8. The van der Waals surface area contributed by atoms with E-state index in [2.05, 4.69) is 52.0 Å². The smallest absolute Gasteiger partial charge is 0.146 e. The van der Waals surface area contributed by atoms with Crippen LogP contribution in [0.5, 0.6) is 0 Å². The van der Waals surface area contributed by atoms with Gasteiger partial charge in [-0.2, -0.15) is 0 Å². The summed E-state index contributed by atoms with van der Waals surface area (Å²) in [5.74, 6) is 2.00. The number of rotatable bonds is 4. The number of fused-ring (bicyclic) bond motifs is 2. The summed E-state index contributed by atoms with van der Waals surface area (Å²) in [6.07, 6.45) is 7.26.